The van der Waals surface area contributed by atoms with E-state index in [0.717, 1.165) is 32.4 Å². The number of amides is 2. The summed E-state index contributed by atoms with van der Waals surface area (Å²) in [4.78, 5) is 27.5. The van der Waals surface area contributed by atoms with Gasteiger partial charge in [0.2, 0.25) is 10.0 Å². The average Bonchev–Trinajstić information content (AvgIpc) is 3.28. The van der Waals surface area contributed by atoms with Crippen LogP contribution in [0.2, 0.25) is 0 Å². The van der Waals surface area contributed by atoms with Crippen LogP contribution in [0, 0.1) is 0 Å². The highest BCUT2D eigenvalue weighted by molar-refractivity contribution is 7.92. The molecule has 0 unspecified atom stereocenters. The Morgan fingerprint density at radius 2 is 1.60 bits per heavy atom. The summed E-state index contributed by atoms with van der Waals surface area (Å²) in [5.41, 5.74) is 1.75. The molecule has 0 aromatic heterocycles. The normalized spacial score (nSPS) is 18.3. The largest absolute Gasteiger partial charge is 0.339 e. The summed E-state index contributed by atoms with van der Waals surface area (Å²) in [5.74, 6) is -0.348. The first-order valence-corrected chi connectivity index (χ1v) is 11.9. The fourth-order valence-electron chi connectivity index (χ4n) is 3.94. The van der Waals surface area contributed by atoms with E-state index in [1.54, 1.807) is 53.4 Å². The van der Waals surface area contributed by atoms with Crippen LogP contribution in [-0.2, 0) is 10.0 Å². The van der Waals surface area contributed by atoms with E-state index in [-0.39, 0.29) is 17.6 Å². The zero-order chi connectivity index (χ0) is 21.1. The Morgan fingerprint density at radius 3 is 2.37 bits per heavy atom. The third kappa shape index (κ3) is 4.18. The van der Waals surface area contributed by atoms with Crippen molar-refractivity contribution in [2.24, 2.45) is 0 Å². The van der Waals surface area contributed by atoms with Crippen LogP contribution >= 0.6 is 0 Å². The maximum Gasteiger partial charge on any atom is 0.255 e. The Bertz CT molecular complexity index is 1060. The fraction of sp³-hybridized carbons (Fsp3) is 0.364. The van der Waals surface area contributed by atoms with Crippen LogP contribution in [0.25, 0.3) is 0 Å². The van der Waals surface area contributed by atoms with Crippen LogP contribution in [0.3, 0.4) is 0 Å². The van der Waals surface area contributed by atoms with E-state index >= 15 is 0 Å². The van der Waals surface area contributed by atoms with Gasteiger partial charge in [0.15, 0.2) is 0 Å². The second-order valence-electron chi connectivity index (χ2n) is 7.64. The summed E-state index contributed by atoms with van der Waals surface area (Å²) in [7, 11) is -3.35. The predicted octanol–water partition coefficient (Wildman–Crippen LogP) is 3.10. The molecule has 2 heterocycles. The van der Waals surface area contributed by atoms with Gasteiger partial charge in [-0.3, -0.25) is 13.9 Å². The molecule has 0 radical (unpaired) electrons. The molecule has 2 saturated heterocycles. The monoisotopic (exact) mass is 427 g/mol. The van der Waals surface area contributed by atoms with Crippen molar-refractivity contribution in [1.82, 2.24) is 4.90 Å². The van der Waals surface area contributed by atoms with Crippen molar-refractivity contribution in [1.29, 1.82) is 0 Å². The molecule has 0 atom stereocenters. The summed E-state index contributed by atoms with van der Waals surface area (Å²) in [6.45, 7) is 1.88. The van der Waals surface area contributed by atoms with Gasteiger partial charge < -0.3 is 10.2 Å². The highest BCUT2D eigenvalue weighted by Crippen LogP contribution is 2.25. The second-order valence-corrected chi connectivity index (χ2v) is 9.66. The molecule has 2 aliphatic heterocycles. The maximum atomic E-state index is 12.9. The first-order chi connectivity index (χ1) is 14.5. The maximum absolute atomic E-state index is 12.9. The van der Waals surface area contributed by atoms with E-state index in [9.17, 15) is 18.0 Å². The van der Waals surface area contributed by atoms with Crippen LogP contribution in [0.1, 0.15) is 46.4 Å². The van der Waals surface area contributed by atoms with Crippen molar-refractivity contribution in [2.45, 2.75) is 25.7 Å². The van der Waals surface area contributed by atoms with E-state index in [1.165, 1.54) is 4.31 Å². The molecular formula is C22H25N3O4S. The molecule has 1 N–H and O–H groups in total. The minimum Gasteiger partial charge on any atom is -0.339 e. The highest BCUT2D eigenvalue weighted by Gasteiger charge is 2.27. The first kappa shape index (κ1) is 20.4. The van der Waals surface area contributed by atoms with E-state index in [4.69, 9.17) is 0 Å². The predicted molar refractivity (Wildman–Crippen MR) is 116 cm³/mol. The van der Waals surface area contributed by atoms with Gasteiger partial charge in [-0.1, -0.05) is 18.2 Å². The number of carbonyl (C=O) groups is 2. The third-order valence-electron chi connectivity index (χ3n) is 5.54. The van der Waals surface area contributed by atoms with Gasteiger partial charge in [-0.15, -0.1) is 0 Å². The quantitative estimate of drug-likeness (QED) is 0.812. The number of para-hydroxylation sites is 1. The van der Waals surface area contributed by atoms with E-state index in [2.05, 4.69) is 5.32 Å². The molecule has 158 valence electrons. The van der Waals surface area contributed by atoms with Crippen molar-refractivity contribution in [3.05, 3.63) is 59.7 Å². The molecular weight excluding hydrogens is 402 g/mol. The molecule has 2 aromatic carbocycles. The first-order valence-electron chi connectivity index (χ1n) is 10.3. The SMILES string of the molecule is O=C(Nc1ccccc1C(=O)N1CCCC1)c1cccc(N2CCCCS2(=O)=O)c1. The smallest absolute Gasteiger partial charge is 0.255 e. The number of nitrogens with one attached hydrogen (secondary N) is 1. The molecule has 7 nitrogen and oxygen atoms in total. The number of benzene rings is 2. The topological polar surface area (TPSA) is 86.8 Å². The summed E-state index contributed by atoms with van der Waals surface area (Å²) < 4.78 is 26.1. The van der Waals surface area contributed by atoms with Gasteiger partial charge in [0.1, 0.15) is 0 Å². The Hall–Kier alpha value is -2.87. The molecule has 2 aromatic rings. The Kier molecular flexibility index (Phi) is 5.76. The van der Waals surface area contributed by atoms with Gasteiger partial charge in [0.05, 0.1) is 22.7 Å². The average molecular weight is 428 g/mol. The Balaban J connectivity index is 1.56. The molecule has 30 heavy (non-hydrogen) atoms. The molecule has 0 saturated carbocycles. The zero-order valence-electron chi connectivity index (χ0n) is 16.7. The standard InChI is InChI=1S/C22H25N3O4S/c26-21(17-8-7-9-18(16-17)25-14-5-6-15-30(25,28)29)23-20-11-2-1-10-19(20)22(27)24-12-3-4-13-24/h1-2,7-11,16H,3-6,12-15H2,(H,23,26). The molecule has 4 rings (SSSR count). The highest BCUT2D eigenvalue weighted by atomic mass is 32.2. The second kappa shape index (κ2) is 8.47. The number of sulfonamides is 1. The summed E-state index contributed by atoms with van der Waals surface area (Å²) in [5, 5.41) is 2.83. The van der Waals surface area contributed by atoms with Crippen LogP contribution in [0.15, 0.2) is 48.5 Å². The van der Waals surface area contributed by atoms with Crippen molar-refractivity contribution in [2.75, 3.05) is 35.0 Å². The van der Waals surface area contributed by atoms with E-state index in [1.807, 2.05) is 0 Å². The fourth-order valence-corrected chi connectivity index (χ4v) is 5.58. The molecule has 8 heteroatoms. The van der Waals surface area contributed by atoms with Crippen LogP contribution in [-0.4, -0.2) is 50.5 Å². The molecule has 0 spiro atoms. The number of hydrogen-bond acceptors (Lipinski definition) is 4. The number of anilines is 2. The molecule has 2 fully saturated rings. The van der Waals surface area contributed by atoms with Crippen molar-refractivity contribution in [3.63, 3.8) is 0 Å². The number of carbonyl (C=O) groups excluding carboxylic acids is 2. The molecule has 0 bridgehead atoms. The van der Waals surface area contributed by atoms with Gasteiger partial charge in [-0.25, -0.2) is 8.42 Å². The van der Waals surface area contributed by atoms with E-state index < -0.39 is 10.0 Å². The summed E-state index contributed by atoms with van der Waals surface area (Å²) in [6.07, 6.45) is 3.43. The number of nitrogens with zero attached hydrogens (tertiary/aromatic N) is 2. The molecule has 0 aliphatic carbocycles. The van der Waals surface area contributed by atoms with Gasteiger partial charge in [0.25, 0.3) is 11.8 Å². The number of rotatable bonds is 4. The Labute approximate surface area is 176 Å². The van der Waals surface area contributed by atoms with Crippen molar-refractivity contribution < 1.29 is 18.0 Å². The summed E-state index contributed by atoms with van der Waals surface area (Å²) in [6, 6.07) is 13.6. The van der Waals surface area contributed by atoms with Crippen LogP contribution in [0.5, 0.6) is 0 Å². The lowest BCUT2D eigenvalue weighted by molar-refractivity contribution is 0.0794. The lowest BCUT2D eigenvalue weighted by atomic mass is 10.1. The summed E-state index contributed by atoms with van der Waals surface area (Å²) >= 11 is 0. The zero-order valence-corrected chi connectivity index (χ0v) is 17.5. The van der Waals surface area contributed by atoms with Gasteiger partial charge >= 0.3 is 0 Å². The van der Waals surface area contributed by atoms with Crippen molar-refractivity contribution >= 4 is 33.2 Å². The van der Waals surface area contributed by atoms with Crippen molar-refractivity contribution in [3.8, 4) is 0 Å². The molecule has 2 amide bonds. The Morgan fingerprint density at radius 1 is 0.867 bits per heavy atom. The van der Waals surface area contributed by atoms with Gasteiger partial charge in [-0.2, -0.15) is 0 Å². The third-order valence-corrected chi connectivity index (χ3v) is 7.41. The molecule has 2 aliphatic rings. The van der Waals surface area contributed by atoms with Gasteiger partial charge in [0, 0.05) is 25.2 Å². The number of likely N-dealkylation sites (tertiary alicyclic amines) is 1. The lowest BCUT2D eigenvalue weighted by Crippen LogP contribution is -2.37. The van der Waals surface area contributed by atoms with E-state index in [0.29, 0.717) is 35.5 Å². The van der Waals surface area contributed by atoms with Gasteiger partial charge in [-0.05, 0) is 56.0 Å². The lowest BCUT2D eigenvalue weighted by Gasteiger charge is -2.28. The minimum absolute atomic E-state index is 0.0865. The van der Waals surface area contributed by atoms with Crippen LogP contribution < -0.4 is 9.62 Å². The number of hydrogen-bond donors (Lipinski definition) is 1. The van der Waals surface area contributed by atoms with Crippen LogP contribution in [0.4, 0.5) is 11.4 Å². The minimum atomic E-state index is -3.35.